The van der Waals surface area contributed by atoms with Gasteiger partial charge in [-0.05, 0) is 12.1 Å². The molecule has 1 aliphatic carbocycles. The monoisotopic (exact) mass is 270 g/mol. The second-order valence-electron chi connectivity index (χ2n) is 4.59. The fourth-order valence-electron chi connectivity index (χ4n) is 2.21. The maximum atomic E-state index is 12.0. The Balaban J connectivity index is 1.82. The maximum absolute atomic E-state index is 12.0. The average Bonchev–Trinajstić information content (AvgIpc) is 2.46. The van der Waals surface area contributed by atoms with Crippen molar-refractivity contribution in [3.8, 4) is 5.75 Å². The lowest BCUT2D eigenvalue weighted by Gasteiger charge is -2.15. The normalized spacial score (nSPS) is 16.8. The van der Waals surface area contributed by atoms with Gasteiger partial charge in [0, 0.05) is 12.5 Å². The van der Waals surface area contributed by atoms with Gasteiger partial charge in [0.15, 0.2) is 5.43 Å². The molecule has 0 radical (unpaired) electrons. The molecule has 3 rings (SSSR count). The van der Waals surface area contributed by atoms with E-state index in [1.807, 2.05) is 30.3 Å². The summed E-state index contributed by atoms with van der Waals surface area (Å²) in [5.74, 6) is 1.69. The van der Waals surface area contributed by atoms with Crippen LogP contribution in [-0.4, -0.2) is 5.11 Å². The zero-order valence-corrected chi connectivity index (χ0v) is 10.8. The van der Waals surface area contributed by atoms with E-state index in [9.17, 15) is 9.90 Å². The second-order valence-corrected chi connectivity index (χ2v) is 4.59. The lowest BCUT2D eigenvalue weighted by atomic mass is 10.0. The van der Waals surface area contributed by atoms with Crippen LogP contribution in [0.5, 0.6) is 5.75 Å². The number of aliphatic hydroxyl groups excluding tert-OH is 1. The van der Waals surface area contributed by atoms with Gasteiger partial charge >= 0.3 is 0 Å². The Hall–Kier alpha value is -2.33. The molecule has 0 bridgehead atoms. The van der Waals surface area contributed by atoms with E-state index < -0.39 is 6.10 Å². The molecule has 1 heterocycles. The Labute approximate surface area is 115 Å². The Bertz CT molecular complexity index is 685. The number of para-hydroxylation sites is 1. The van der Waals surface area contributed by atoms with Crippen molar-refractivity contribution in [1.29, 1.82) is 0 Å². The van der Waals surface area contributed by atoms with Crippen molar-refractivity contribution in [1.82, 2.24) is 0 Å². The predicted octanol–water partition coefficient (Wildman–Crippen LogP) is 2.36. The summed E-state index contributed by atoms with van der Waals surface area (Å²) in [6.07, 6.45) is 3.02. The van der Waals surface area contributed by atoms with Gasteiger partial charge in [0.05, 0.1) is 5.56 Å². The van der Waals surface area contributed by atoms with Crippen LogP contribution < -0.4 is 10.2 Å². The molecule has 2 aromatic rings. The zero-order chi connectivity index (χ0) is 13.9. The molecule has 1 aromatic carbocycles. The summed E-state index contributed by atoms with van der Waals surface area (Å²) >= 11 is 0. The van der Waals surface area contributed by atoms with Crippen molar-refractivity contribution >= 4 is 0 Å². The molecule has 1 aliphatic rings. The van der Waals surface area contributed by atoms with E-state index in [0.717, 1.165) is 0 Å². The Morgan fingerprint density at radius 2 is 2.10 bits per heavy atom. The van der Waals surface area contributed by atoms with Crippen molar-refractivity contribution in [2.24, 2.45) is 0 Å². The van der Waals surface area contributed by atoms with Gasteiger partial charge in [-0.1, -0.05) is 30.4 Å². The Morgan fingerprint density at radius 1 is 1.30 bits per heavy atom. The van der Waals surface area contributed by atoms with Gasteiger partial charge in [-0.25, -0.2) is 0 Å². The first-order valence-electron chi connectivity index (χ1n) is 6.42. The highest BCUT2D eigenvalue weighted by molar-refractivity contribution is 5.30. The lowest BCUT2D eigenvalue weighted by Crippen LogP contribution is -2.18. The molecule has 1 unspecified atom stereocenters. The van der Waals surface area contributed by atoms with Crippen LogP contribution in [0.3, 0.4) is 0 Å². The van der Waals surface area contributed by atoms with Gasteiger partial charge in [-0.15, -0.1) is 0 Å². The number of benzene rings is 1. The standard InChI is InChI=1S/C16H14O4/c17-13-7-4-8-15-16(13)14(18)9-12(20-15)10-19-11-5-2-1-3-6-11/h1-7,9,13,17H,8,10H2. The minimum absolute atomic E-state index is 0.187. The molecule has 20 heavy (non-hydrogen) atoms. The number of aliphatic hydroxyl groups is 1. The summed E-state index contributed by atoms with van der Waals surface area (Å²) in [5.41, 5.74) is 0.116. The van der Waals surface area contributed by atoms with Crippen molar-refractivity contribution in [3.63, 3.8) is 0 Å². The van der Waals surface area contributed by atoms with Crippen LogP contribution in [-0.2, 0) is 13.0 Å². The Kier molecular flexibility index (Phi) is 3.39. The first-order valence-corrected chi connectivity index (χ1v) is 6.42. The fraction of sp³-hybridized carbons (Fsp3) is 0.188. The topological polar surface area (TPSA) is 59.7 Å². The molecule has 4 nitrogen and oxygen atoms in total. The van der Waals surface area contributed by atoms with Crippen molar-refractivity contribution in [2.45, 2.75) is 19.1 Å². The molecule has 4 heteroatoms. The third kappa shape index (κ3) is 2.51. The second kappa shape index (κ2) is 5.35. The fourth-order valence-corrected chi connectivity index (χ4v) is 2.21. The van der Waals surface area contributed by atoms with Gasteiger partial charge in [-0.3, -0.25) is 4.79 Å². The van der Waals surface area contributed by atoms with Crippen LogP contribution in [0.1, 0.15) is 23.2 Å². The number of hydrogen-bond donors (Lipinski definition) is 1. The highest BCUT2D eigenvalue weighted by Crippen LogP contribution is 2.23. The van der Waals surface area contributed by atoms with Gasteiger partial charge in [0.25, 0.3) is 0 Å². The smallest absolute Gasteiger partial charge is 0.191 e. The van der Waals surface area contributed by atoms with Gasteiger partial charge in [0.1, 0.15) is 30.0 Å². The summed E-state index contributed by atoms with van der Waals surface area (Å²) in [6, 6.07) is 10.7. The summed E-state index contributed by atoms with van der Waals surface area (Å²) < 4.78 is 11.2. The van der Waals surface area contributed by atoms with Gasteiger partial charge in [0.2, 0.25) is 0 Å². The van der Waals surface area contributed by atoms with E-state index >= 15 is 0 Å². The quantitative estimate of drug-likeness (QED) is 0.870. The van der Waals surface area contributed by atoms with Crippen molar-refractivity contribution in [2.75, 3.05) is 0 Å². The molecule has 1 atom stereocenters. The first-order chi connectivity index (χ1) is 9.74. The van der Waals surface area contributed by atoms with Gasteiger partial charge in [-0.2, -0.15) is 0 Å². The molecule has 1 N–H and O–H groups in total. The van der Waals surface area contributed by atoms with Crippen LogP contribution in [0.4, 0.5) is 0 Å². The molecule has 102 valence electrons. The van der Waals surface area contributed by atoms with Crippen LogP contribution in [0, 0.1) is 0 Å². The maximum Gasteiger partial charge on any atom is 0.191 e. The molecular weight excluding hydrogens is 256 g/mol. The summed E-state index contributed by atoms with van der Waals surface area (Å²) in [7, 11) is 0. The van der Waals surface area contributed by atoms with E-state index in [2.05, 4.69) is 0 Å². The van der Waals surface area contributed by atoms with Crippen molar-refractivity contribution in [3.05, 3.63) is 75.9 Å². The summed E-state index contributed by atoms with van der Waals surface area (Å²) in [6.45, 7) is 0.187. The lowest BCUT2D eigenvalue weighted by molar-refractivity contribution is 0.212. The SMILES string of the molecule is O=c1cc(COc2ccccc2)oc2c1C(O)C=CC2. The molecule has 0 amide bonds. The number of fused-ring (bicyclic) bond motifs is 1. The molecule has 1 aromatic heterocycles. The van der Waals surface area contributed by atoms with Gasteiger partial charge < -0.3 is 14.3 Å². The van der Waals surface area contributed by atoms with E-state index in [4.69, 9.17) is 9.15 Å². The number of ether oxygens (including phenoxy) is 1. The number of rotatable bonds is 3. The first kappa shape index (κ1) is 12.7. The third-order valence-electron chi connectivity index (χ3n) is 3.15. The molecule has 0 saturated carbocycles. The number of allylic oxidation sites excluding steroid dienone is 1. The van der Waals surface area contributed by atoms with Crippen LogP contribution in [0.25, 0.3) is 0 Å². The van der Waals surface area contributed by atoms with Crippen LogP contribution in [0.15, 0.2) is 57.8 Å². The zero-order valence-electron chi connectivity index (χ0n) is 10.8. The van der Waals surface area contributed by atoms with E-state index in [1.54, 1.807) is 12.2 Å². The van der Waals surface area contributed by atoms with E-state index in [1.165, 1.54) is 6.07 Å². The third-order valence-corrected chi connectivity index (χ3v) is 3.15. The highest BCUT2D eigenvalue weighted by atomic mass is 16.5. The molecule has 0 saturated heterocycles. The van der Waals surface area contributed by atoms with E-state index in [0.29, 0.717) is 29.3 Å². The molecule has 0 aliphatic heterocycles. The molecule has 0 fully saturated rings. The highest BCUT2D eigenvalue weighted by Gasteiger charge is 2.20. The predicted molar refractivity (Wildman–Crippen MR) is 73.6 cm³/mol. The van der Waals surface area contributed by atoms with Crippen molar-refractivity contribution < 1.29 is 14.3 Å². The van der Waals surface area contributed by atoms with Crippen LogP contribution in [0.2, 0.25) is 0 Å². The average molecular weight is 270 g/mol. The summed E-state index contributed by atoms with van der Waals surface area (Å²) in [5, 5.41) is 9.76. The Morgan fingerprint density at radius 3 is 2.90 bits per heavy atom. The van der Waals surface area contributed by atoms with Crippen LogP contribution >= 0.6 is 0 Å². The number of hydrogen-bond acceptors (Lipinski definition) is 4. The molecule has 0 spiro atoms. The minimum atomic E-state index is -0.876. The summed E-state index contributed by atoms with van der Waals surface area (Å²) in [4.78, 5) is 12.0. The molecular formula is C16H14O4. The largest absolute Gasteiger partial charge is 0.486 e. The minimum Gasteiger partial charge on any atom is -0.486 e. The van der Waals surface area contributed by atoms with E-state index in [-0.39, 0.29) is 12.0 Å².